The van der Waals surface area contributed by atoms with Crippen molar-refractivity contribution < 1.29 is 31.1 Å². The molecule has 1 amide bonds. The van der Waals surface area contributed by atoms with Crippen LogP contribution in [0.5, 0.6) is 5.75 Å². The van der Waals surface area contributed by atoms with Crippen LogP contribution in [-0.2, 0) is 21.0 Å². The number of alkyl halides is 3. The van der Waals surface area contributed by atoms with Gasteiger partial charge in [-0.3, -0.25) is 4.79 Å². The van der Waals surface area contributed by atoms with Crippen molar-refractivity contribution in [2.24, 2.45) is 0 Å². The van der Waals surface area contributed by atoms with Gasteiger partial charge in [-0.2, -0.15) is 13.2 Å². The van der Waals surface area contributed by atoms with E-state index in [2.05, 4.69) is 5.32 Å². The van der Waals surface area contributed by atoms with E-state index >= 15 is 0 Å². The monoisotopic (exact) mass is 442 g/mol. The Bertz CT molecular complexity index is 1030. The van der Waals surface area contributed by atoms with Crippen molar-refractivity contribution in [2.75, 3.05) is 26.0 Å². The van der Waals surface area contributed by atoms with Gasteiger partial charge in [0.15, 0.2) is 0 Å². The highest BCUT2D eigenvalue weighted by Crippen LogP contribution is 2.30. The fourth-order valence-electron chi connectivity index (χ4n) is 2.40. The largest absolute Gasteiger partial charge is 0.492 e. The number of amides is 1. The van der Waals surface area contributed by atoms with Crippen molar-refractivity contribution in [3.8, 4) is 5.75 Å². The highest BCUT2D eigenvalue weighted by Gasteiger charge is 2.29. The lowest BCUT2D eigenvalue weighted by molar-refractivity contribution is -0.137. The third-order valence-corrected chi connectivity index (χ3v) is 5.77. The second-order valence-electron chi connectivity index (χ2n) is 6.32. The van der Waals surface area contributed by atoms with E-state index in [0.29, 0.717) is 5.56 Å². The predicted molar refractivity (Wildman–Crippen MR) is 108 cm³/mol. The Morgan fingerprint density at radius 2 is 1.77 bits per heavy atom. The number of hydrogen-bond acceptors (Lipinski definition) is 4. The van der Waals surface area contributed by atoms with Gasteiger partial charge >= 0.3 is 6.18 Å². The van der Waals surface area contributed by atoms with Crippen LogP contribution in [0.15, 0.2) is 53.4 Å². The third-order valence-electron chi connectivity index (χ3n) is 3.93. The standard InChI is InChI=1S/C20H21F3N2O4S/c1-4-29-17-11-10-16(13-18(17)30(27,28)25(2)3)24-19(26)12-7-14-5-8-15(9-6-14)20(21,22)23/h5-13H,4H2,1-3H3,(H,24,26)/b12-7+. The second kappa shape index (κ2) is 9.31. The van der Waals surface area contributed by atoms with Gasteiger partial charge in [-0.05, 0) is 48.9 Å². The molecule has 2 aromatic carbocycles. The Morgan fingerprint density at radius 1 is 1.13 bits per heavy atom. The molecule has 0 fully saturated rings. The molecule has 2 aromatic rings. The summed E-state index contributed by atoms with van der Waals surface area (Å²) in [6, 6.07) is 8.53. The first kappa shape index (κ1) is 23.4. The van der Waals surface area contributed by atoms with Crippen LogP contribution in [-0.4, -0.2) is 39.3 Å². The highest BCUT2D eigenvalue weighted by atomic mass is 32.2. The lowest BCUT2D eigenvalue weighted by Crippen LogP contribution is -2.23. The van der Waals surface area contributed by atoms with E-state index in [0.717, 1.165) is 22.5 Å². The van der Waals surface area contributed by atoms with Gasteiger partial charge in [-0.15, -0.1) is 0 Å². The molecule has 0 atom stereocenters. The van der Waals surface area contributed by atoms with Gasteiger partial charge in [0, 0.05) is 25.9 Å². The average Bonchev–Trinajstić information content (AvgIpc) is 2.67. The molecule has 10 heteroatoms. The maximum absolute atomic E-state index is 12.6. The number of carbonyl (C=O) groups is 1. The van der Waals surface area contributed by atoms with Gasteiger partial charge in [0.2, 0.25) is 15.9 Å². The molecule has 0 bridgehead atoms. The highest BCUT2D eigenvalue weighted by molar-refractivity contribution is 7.89. The predicted octanol–water partition coefficient (Wildman–Crippen LogP) is 4.01. The number of anilines is 1. The fourth-order valence-corrected chi connectivity index (χ4v) is 3.45. The summed E-state index contributed by atoms with van der Waals surface area (Å²) in [5.74, 6) is -0.420. The van der Waals surface area contributed by atoms with Crippen molar-refractivity contribution in [1.82, 2.24) is 4.31 Å². The van der Waals surface area contributed by atoms with Crippen molar-refractivity contribution in [2.45, 2.75) is 18.0 Å². The zero-order valence-electron chi connectivity index (χ0n) is 16.5. The molecule has 0 aliphatic heterocycles. The van der Waals surface area contributed by atoms with E-state index in [1.165, 1.54) is 50.5 Å². The zero-order valence-corrected chi connectivity index (χ0v) is 17.3. The van der Waals surface area contributed by atoms with Crippen molar-refractivity contribution in [1.29, 1.82) is 0 Å². The van der Waals surface area contributed by atoms with E-state index in [4.69, 9.17) is 4.74 Å². The van der Waals surface area contributed by atoms with Gasteiger partial charge in [0.1, 0.15) is 10.6 Å². The SMILES string of the molecule is CCOc1ccc(NC(=O)/C=C/c2ccc(C(F)(F)F)cc2)cc1S(=O)(=O)N(C)C. The van der Waals surface area contributed by atoms with Gasteiger partial charge in [-0.1, -0.05) is 12.1 Å². The minimum Gasteiger partial charge on any atom is -0.492 e. The zero-order chi connectivity index (χ0) is 22.5. The molecule has 0 radical (unpaired) electrons. The van der Waals surface area contributed by atoms with Crippen LogP contribution in [0.3, 0.4) is 0 Å². The molecule has 0 aromatic heterocycles. The molecule has 0 aliphatic carbocycles. The topological polar surface area (TPSA) is 75.7 Å². The number of hydrogen-bond donors (Lipinski definition) is 1. The Balaban J connectivity index is 2.19. The van der Waals surface area contributed by atoms with E-state index in [-0.39, 0.29) is 22.9 Å². The normalized spacial score (nSPS) is 12.4. The number of nitrogens with zero attached hydrogens (tertiary/aromatic N) is 1. The van der Waals surface area contributed by atoms with Gasteiger partial charge in [0.25, 0.3) is 0 Å². The maximum Gasteiger partial charge on any atom is 0.416 e. The van der Waals surface area contributed by atoms with Crippen molar-refractivity contribution >= 4 is 27.7 Å². The van der Waals surface area contributed by atoms with E-state index in [1.807, 2.05) is 0 Å². The summed E-state index contributed by atoms with van der Waals surface area (Å²) in [5.41, 5.74) is -0.158. The number of rotatable bonds is 7. The fraction of sp³-hybridized carbons (Fsp3) is 0.250. The lowest BCUT2D eigenvalue weighted by Gasteiger charge is -2.16. The molecule has 0 saturated heterocycles. The van der Waals surface area contributed by atoms with Crippen molar-refractivity contribution in [3.63, 3.8) is 0 Å². The lowest BCUT2D eigenvalue weighted by atomic mass is 10.1. The van der Waals surface area contributed by atoms with E-state index in [9.17, 15) is 26.4 Å². The first-order chi connectivity index (χ1) is 13.9. The molecule has 162 valence electrons. The first-order valence-electron chi connectivity index (χ1n) is 8.81. The van der Waals surface area contributed by atoms with Crippen LogP contribution in [0.4, 0.5) is 18.9 Å². The number of ether oxygens (including phenoxy) is 1. The summed E-state index contributed by atoms with van der Waals surface area (Å²) >= 11 is 0. The summed E-state index contributed by atoms with van der Waals surface area (Å²) < 4.78 is 69.2. The number of carbonyl (C=O) groups excluding carboxylic acids is 1. The Hall–Kier alpha value is -2.85. The van der Waals surface area contributed by atoms with Crippen LogP contribution in [0.25, 0.3) is 6.08 Å². The second-order valence-corrected chi connectivity index (χ2v) is 8.44. The smallest absolute Gasteiger partial charge is 0.416 e. The number of sulfonamides is 1. The molecule has 0 unspecified atom stereocenters. The Kier molecular flexibility index (Phi) is 7.27. The molecular formula is C20H21F3N2O4S. The van der Waals surface area contributed by atoms with Crippen LogP contribution in [0, 0.1) is 0 Å². The quantitative estimate of drug-likeness (QED) is 0.658. The average molecular weight is 442 g/mol. The molecule has 0 aliphatic rings. The minimum absolute atomic E-state index is 0.0983. The summed E-state index contributed by atoms with van der Waals surface area (Å²) in [6.45, 7) is 1.98. The minimum atomic E-state index is -4.43. The molecule has 2 rings (SSSR count). The molecule has 6 nitrogen and oxygen atoms in total. The molecule has 0 saturated carbocycles. The summed E-state index contributed by atoms with van der Waals surface area (Å²) in [4.78, 5) is 12.1. The van der Waals surface area contributed by atoms with Crippen LogP contribution in [0.2, 0.25) is 0 Å². The Labute approximate surface area is 173 Å². The van der Waals surface area contributed by atoms with Gasteiger partial charge in [0.05, 0.1) is 12.2 Å². The first-order valence-corrected chi connectivity index (χ1v) is 10.2. The molecule has 30 heavy (non-hydrogen) atoms. The molecule has 1 N–H and O–H groups in total. The third kappa shape index (κ3) is 5.83. The maximum atomic E-state index is 12.6. The number of benzene rings is 2. The molecule has 0 spiro atoms. The molecule has 0 heterocycles. The van der Waals surface area contributed by atoms with E-state index < -0.39 is 27.7 Å². The van der Waals surface area contributed by atoms with Crippen LogP contribution >= 0.6 is 0 Å². The van der Waals surface area contributed by atoms with Crippen LogP contribution < -0.4 is 10.1 Å². The number of nitrogens with one attached hydrogen (secondary N) is 1. The van der Waals surface area contributed by atoms with Gasteiger partial charge in [-0.25, -0.2) is 12.7 Å². The van der Waals surface area contributed by atoms with Crippen molar-refractivity contribution in [3.05, 3.63) is 59.7 Å². The van der Waals surface area contributed by atoms with Gasteiger partial charge < -0.3 is 10.1 Å². The summed E-state index contributed by atoms with van der Waals surface area (Å²) in [5, 5.41) is 2.52. The summed E-state index contributed by atoms with van der Waals surface area (Å²) in [6.07, 6.45) is -1.95. The molecular weight excluding hydrogens is 421 g/mol. The van der Waals surface area contributed by atoms with E-state index in [1.54, 1.807) is 6.92 Å². The Morgan fingerprint density at radius 3 is 2.30 bits per heavy atom. The number of halogens is 3. The van der Waals surface area contributed by atoms with Crippen LogP contribution in [0.1, 0.15) is 18.1 Å². The summed E-state index contributed by atoms with van der Waals surface area (Å²) in [7, 11) is -1.06.